The van der Waals surface area contributed by atoms with Gasteiger partial charge in [0.15, 0.2) is 0 Å². The van der Waals surface area contributed by atoms with Gasteiger partial charge in [-0.25, -0.2) is 4.79 Å². The van der Waals surface area contributed by atoms with Gasteiger partial charge < -0.3 is 14.5 Å². The highest BCUT2D eigenvalue weighted by molar-refractivity contribution is 6.06. The molecular formula is C18H25N3O3. The van der Waals surface area contributed by atoms with Crippen LogP contribution in [0.25, 0.3) is 0 Å². The molecule has 0 N–H and O–H groups in total. The molecule has 1 atom stereocenters. The fourth-order valence-corrected chi connectivity index (χ4v) is 3.79. The Hall–Kier alpha value is -2.08. The van der Waals surface area contributed by atoms with Crippen LogP contribution in [-0.2, 0) is 11.2 Å². The maximum atomic E-state index is 12.6. The smallest absolute Gasteiger partial charge is 0.327 e. The van der Waals surface area contributed by atoms with Crippen molar-refractivity contribution in [2.24, 2.45) is 0 Å². The summed E-state index contributed by atoms with van der Waals surface area (Å²) in [6.45, 7) is 2.47. The van der Waals surface area contributed by atoms with Crippen LogP contribution in [0.2, 0.25) is 0 Å². The molecular weight excluding hydrogens is 306 g/mol. The van der Waals surface area contributed by atoms with E-state index in [2.05, 4.69) is 17.0 Å². The van der Waals surface area contributed by atoms with E-state index in [1.165, 1.54) is 10.5 Å². The highest BCUT2D eigenvalue weighted by Crippen LogP contribution is 2.34. The second-order valence-corrected chi connectivity index (χ2v) is 6.72. The Labute approximate surface area is 143 Å². The molecule has 0 saturated carbocycles. The van der Waals surface area contributed by atoms with Crippen LogP contribution in [-0.4, -0.2) is 73.0 Å². The quantitative estimate of drug-likeness (QED) is 0.787. The third-order valence-corrected chi connectivity index (χ3v) is 5.34. The van der Waals surface area contributed by atoms with Gasteiger partial charge in [0.2, 0.25) is 0 Å². The summed E-state index contributed by atoms with van der Waals surface area (Å²) in [4.78, 5) is 29.9. The maximum absolute atomic E-state index is 12.6. The fraction of sp³-hybridized carbons (Fsp3) is 0.556. The van der Waals surface area contributed by atoms with Crippen molar-refractivity contribution in [2.75, 3.05) is 40.8 Å². The zero-order valence-electron chi connectivity index (χ0n) is 14.6. The zero-order valence-corrected chi connectivity index (χ0v) is 14.6. The summed E-state index contributed by atoms with van der Waals surface area (Å²) in [5.74, 6) is 0.791. The number of likely N-dealkylation sites (N-methyl/N-ethyl adjacent to an activating group) is 2. The van der Waals surface area contributed by atoms with Crippen molar-refractivity contribution >= 4 is 11.9 Å². The van der Waals surface area contributed by atoms with Gasteiger partial charge in [0.05, 0.1) is 7.11 Å². The molecule has 2 aliphatic rings. The van der Waals surface area contributed by atoms with Crippen molar-refractivity contribution in [3.8, 4) is 5.75 Å². The molecule has 0 aliphatic carbocycles. The molecule has 1 spiro atoms. The maximum Gasteiger partial charge on any atom is 0.327 e. The highest BCUT2D eigenvalue weighted by atomic mass is 16.5. The van der Waals surface area contributed by atoms with E-state index in [0.29, 0.717) is 6.54 Å². The van der Waals surface area contributed by atoms with Gasteiger partial charge in [-0.05, 0) is 43.5 Å². The minimum atomic E-state index is -0.677. The molecule has 3 rings (SSSR count). The topological polar surface area (TPSA) is 53.1 Å². The van der Waals surface area contributed by atoms with Crippen molar-refractivity contribution < 1.29 is 14.3 Å². The molecule has 2 fully saturated rings. The van der Waals surface area contributed by atoms with Crippen LogP contribution in [0.5, 0.6) is 5.75 Å². The normalized spacial score (nSPS) is 25.0. The van der Waals surface area contributed by atoms with Crippen molar-refractivity contribution in [1.29, 1.82) is 0 Å². The summed E-state index contributed by atoms with van der Waals surface area (Å²) >= 11 is 0. The van der Waals surface area contributed by atoms with Gasteiger partial charge in [-0.1, -0.05) is 12.1 Å². The Morgan fingerprint density at radius 2 is 1.88 bits per heavy atom. The molecule has 0 unspecified atom stereocenters. The van der Waals surface area contributed by atoms with Gasteiger partial charge in [-0.15, -0.1) is 0 Å². The average molecular weight is 331 g/mol. The predicted octanol–water partition coefficient (Wildman–Crippen LogP) is 1.60. The molecule has 0 bridgehead atoms. The van der Waals surface area contributed by atoms with Crippen molar-refractivity contribution in [3.63, 3.8) is 0 Å². The van der Waals surface area contributed by atoms with E-state index in [-0.39, 0.29) is 11.9 Å². The van der Waals surface area contributed by atoms with E-state index < -0.39 is 5.54 Å². The summed E-state index contributed by atoms with van der Waals surface area (Å²) < 4.78 is 5.18. The van der Waals surface area contributed by atoms with Gasteiger partial charge in [0.25, 0.3) is 5.91 Å². The lowest BCUT2D eigenvalue weighted by Crippen LogP contribution is -2.59. The van der Waals surface area contributed by atoms with Crippen LogP contribution in [0.1, 0.15) is 18.4 Å². The predicted molar refractivity (Wildman–Crippen MR) is 91.0 cm³/mol. The molecule has 0 radical (unpaired) electrons. The van der Waals surface area contributed by atoms with Crippen molar-refractivity contribution in [1.82, 2.24) is 14.7 Å². The molecule has 0 aromatic heterocycles. The van der Waals surface area contributed by atoms with Crippen LogP contribution in [0.4, 0.5) is 4.79 Å². The van der Waals surface area contributed by atoms with E-state index in [1.807, 2.05) is 12.1 Å². The minimum absolute atomic E-state index is 0.0656. The van der Waals surface area contributed by atoms with Gasteiger partial charge in [0, 0.05) is 27.2 Å². The van der Waals surface area contributed by atoms with Gasteiger partial charge in [-0.2, -0.15) is 0 Å². The summed E-state index contributed by atoms with van der Waals surface area (Å²) in [5, 5.41) is 0. The Morgan fingerprint density at radius 3 is 2.46 bits per heavy atom. The molecule has 1 aromatic rings. The molecule has 2 heterocycles. The standard InChI is InChI=1S/C18H25N3O3/c1-19-16(22)18(20(2)17(19)23)10-4-11-21(13-18)12-9-14-5-7-15(24-3)8-6-14/h5-8H,4,9-13H2,1-3H3/t18-/m0/s1. The average Bonchev–Trinajstić information content (AvgIpc) is 2.77. The summed E-state index contributed by atoms with van der Waals surface area (Å²) in [6.07, 6.45) is 2.60. The SMILES string of the molecule is COc1ccc(CCN2CCC[C@]3(C2)C(=O)N(C)C(=O)N3C)cc1. The largest absolute Gasteiger partial charge is 0.497 e. The Kier molecular flexibility index (Phi) is 4.49. The number of methoxy groups -OCH3 is 1. The number of hydrogen-bond donors (Lipinski definition) is 0. The number of imide groups is 1. The van der Waals surface area contributed by atoms with E-state index in [1.54, 1.807) is 26.1 Å². The van der Waals surface area contributed by atoms with Crippen LogP contribution >= 0.6 is 0 Å². The summed E-state index contributed by atoms with van der Waals surface area (Å²) in [6, 6.07) is 7.88. The third kappa shape index (κ3) is 2.75. The number of carbonyl (C=O) groups is 2. The lowest BCUT2D eigenvalue weighted by Gasteiger charge is -2.41. The zero-order chi connectivity index (χ0) is 17.3. The second-order valence-electron chi connectivity index (χ2n) is 6.72. The summed E-state index contributed by atoms with van der Waals surface area (Å²) in [7, 11) is 4.98. The monoisotopic (exact) mass is 331 g/mol. The van der Waals surface area contributed by atoms with Crippen LogP contribution < -0.4 is 4.74 Å². The number of likely N-dealkylation sites (tertiary alicyclic amines) is 1. The number of ether oxygens (including phenoxy) is 1. The molecule has 1 aromatic carbocycles. The second kappa shape index (κ2) is 6.43. The number of benzene rings is 1. The number of urea groups is 1. The van der Waals surface area contributed by atoms with Gasteiger partial charge >= 0.3 is 6.03 Å². The molecule has 6 nitrogen and oxygen atoms in total. The lowest BCUT2D eigenvalue weighted by molar-refractivity contribution is -0.134. The van der Waals surface area contributed by atoms with Crippen LogP contribution in [0.3, 0.4) is 0 Å². The number of rotatable bonds is 4. The minimum Gasteiger partial charge on any atom is -0.497 e. The Balaban J connectivity index is 1.65. The highest BCUT2D eigenvalue weighted by Gasteiger charge is 2.55. The third-order valence-electron chi connectivity index (χ3n) is 5.34. The van der Waals surface area contributed by atoms with Crippen molar-refractivity contribution in [2.45, 2.75) is 24.8 Å². The molecule has 130 valence electrons. The van der Waals surface area contributed by atoms with E-state index in [4.69, 9.17) is 4.74 Å². The van der Waals surface area contributed by atoms with E-state index in [9.17, 15) is 9.59 Å². The first-order valence-electron chi connectivity index (χ1n) is 8.39. The lowest BCUT2D eigenvalue weighted by atomic mass is 9.87. The van der Waals surface area contributed by atoms with E-state index in [0.717, 1.165) is 38.1 Å². The van der Waals surface area contributed by atoms with Crippen LogP contribution in [0.15, 0.2) is 24.3 Å². The Bertz CT molecular complexity index is 631. The first-order chi connectivity index (χ1) is 11.5. The molecule has 3 amide bonds. The first-order valence-corrected chi connectivity index (χ1v) is 8.39. The molecule has 24 heavy (non-hydrogen) atoms. The Morgan fingerprint density at radius 1 is 1.17 bits per heavy atom. The van der Waals surface area contributed by atoms with Crippen LogP contribution in [0, 0.1) is 0 Å². The number of hydrogen-bond acceptors (Lipinski definition) is 4. The number of carbonyl (C=O) groups excluding carboxylic acids is 2. The van der Waals surface area contributed by atoms with Gasteiger partial charge in [0.1, 0.15) is 11.3 Å². The number of nitrogens with zero attached hydrogens (tertiary/aromatic N) is 3. The van der Waals surface area contributed by atoms with Crippen molar-refractivity contribution in [3.05, 3.63) is 29.8 Å². The number of amides is 3. The number of piperidine rings is 1. The summed E-state index contributed by atoms with van der Waals surface area (Å²) in [5.41, 5.74) is 0.569. The molecule has 2 aliphatic heterocycles. The molecule has 6 heteroatoms. The fourth-order valence-electron chi connectivity index (χ4n) is 3.79. The molecule has 2 saturated heterocycles. The van der Waals surface area contributed by atoms with Gasteiger partial charge in [-0.3, -0.25) is 9.69 Å². The van der Waals surface area contributed by atoms with E-state index >= 15 is 0 Å². The first kappa shape index (κ1) is 16.8.